The average Bonchev–Trinajstić information content (AvgIpc) is 3.54. The standard InChI is InChI=1S/C14H25O3.3C4H9.Sn/c1-7-9(3)12(16-6)14-13(17-14)10(4)11(8-2)15-5;3*1-3-4-2;/h1,7,9-14H,8H2,2-6H3;3*1,3-4H2,2H3;/t9-,10-,11+,12-,13-,14-;;;;/m1..../s1. The van der Waals surface area contributed by atoms with E-state index >= 15 is 0 Å². The van der Waals surface area contributed by atoms with Gasteiger partial charge in [0.2, 0.25) is 0 Å². The molecule has 1 fully saturated rings. The van der Waals surface area contributed by atoms with Crippen LogP contribution in [0.1, 0.15) is 86.5 Å². The Labute approximate surface area is 192 Å². The molecule has 0 aromatic rings. The number of rotatable bonds is 18. The van der Waals surface area contributed by atoms with Crippen molar-refractivity contribution < 1.29 is 14.2 Å². The Hall–Kier alpha value is 0.419. The summed E-state index contributed by atoms with van der Waals surface area (Å²) in [5.74, 6) is 0.816. The molecule has 0 aromatic heterocycles. The molecule has 0 aromatic carbocycles. The van der Waals surface area contributed by atoms with Gasteiger partial charge in [-0.3, -0.25) is 0 Å². The molecule has 0 spiro atoms. The van der Waals surface area contributed by atoms with E-state index < -0.39 is 18.4 Å². The fourth-order valence-corrected chi connectivity index (χ4v) is 19.8. The monoisotopic (exact) mass is 532 g/mol. The Morgan fingerprint density at radius 3 is 1.77 bits per heavy atom. The normalized spacial score (nSPS) is 23.5. The summed E-state index contributed by atoms with van der Waals surface area (Å²) < 4.78 is 25.1. The van der Waals surface area contributed by atoms with E-state index in [4.69, 9.17) is 14.2 Å². The first-order valence-electron chi connectivity index (χ1n) is 12.8. The van der Waals surface area contributed by atoms with Crippen molar-refractivity contribution in [2.75, 3.05) is 14.2 Å². The third-order valence-corrected chi connectivity index (χ3v) is 21.4. The zero-order chi connectivity index (χ0) is 22.6. The molecule has 6 atom stereocenters. The molecule has 0 radical (unpaired) electrons. The van der Waals surface area contributed by atoms with Gasteiger partial charge in [-0.15, -0.1) is 0 Å². The molecule has 4 heteroatoms. The summed E-state index contributed by atoms with van der Waals surface area (Å²) in [6.07, 6.45) is 12.7. The fourth-order valence-electron chi connectivity index (χ4n) is 5.11. The third-order valence-electron chi connectivity index (χ3n) is 7.32. The zero-order valence-corrected chi connectivity index (χ0v) is 24.3. The molecule has 3 nitrogen and oxygen atoms in total. The first kappa shape index (κ1) is 28.5. The number of ether oxygens (including phenoxy) is 3. The van der Waals surface area contributed by atoms with Crippen LogP contribution in [0.25, 0.3) is 0 Å². The Bertz CT molecular complexity index is 441. The number of hydrogen-bond acceptors (Lipinski definition) is 3. The molecule has 1 saturated heterocycles. The van der Waals surface area contributed by atoms with E-state index in [-0.39, 0.29) is 24.4 Å². The molecule has 178 valence electrons. The topological polar surface area (TPSA) is 31.0 Å². The van der Waals surface area contributed by atoms with Crippen LogP contribution in [0, 0.1) is 11.8 Å². The van der Waals surface area contributed by atoms with Crippen LogP contribution in [0.5, 0.6) is 0 Å². The van der Waals surface area contributed by atoms with Crippen LogP contribution >= 0.6 is 0 Å². The van der Waals surface area contributed by atoms with Crippen molar-refractivity contribution in [3.63, 3.8) is 0 Å². The molecule has 1 rings (SSSR count). The van der Waals surface area contributed by atoms with Crippen LogP contribution in [-0.2, 0) is 14.2 Å². The van der Waals surface area contributed by atoms with Crippen molar-refractivity contribution >= 4 is 18.4 Å². The first-order valence-corrected chi connectivity index (χ1v) is 20.5. The predicted molar refractivity (Wildman–Crippen MR) is 133 cm³/mol. The number of methoxy groups -OCH3 is 2. The maximum atomic E-state index is 6.14. The van der Waals surface area contributed by atoms with E-state index in [9.17, 15) is 0 Å². The number of hydrogen-bond donors (Lipinski definition) is 0. The van der Waals surface area contributed by atoms with Crippen molar-refractivity contribution in [2.24, 2.45) is 11.8 Å². The Morgan fingerprint density at radius 2 is 1.37 bits per heavy atom. The SMILES string of the molecule is CCC[CH2][Sn](/[CH]=C/[C@@H](C)[C@@H](OC)[C@H]1O[C@@H]1[C@H](C)[C@H](CC)OC)([CH2]CCC)[CH2]CCC. The molecule has 1 aliphatic heterocycles. The molecular formula is C26H52O3Sn. The van der Waals surface area contributed by atoms with Gasteiger partial charge >= 0.3 is 193 Å². The van der Waals surface area contributed by atoms with E-state index in [0.717, 1.165) is 6.42 Å². The van der Waals surface area contributed by atoms with Crippen molar-refractivity contribution in [3.8, 4) is 0 Å². The summed E-state index contributed by atoms with van der Waals surface area (Å²) in [4.78, 5) is 0. The quantitative estimate of drug-likeness (QED) is 0.136. The molecule has 0 bridgehead atoms. The Balaban J connectivity index is 2.87. The van der Waals surface area contributed by atoms with Gasteiger partial charge in [-0.25, -0.2) is 0 Å². The molecule has 0 N–H and O–H groups in total. The second kappa shape index (κ2) is 15.3. The van der Waals surface area contributed by atoms with E-state index in [1.54, 1.807) is 0 Å². The van der Waals surface area contributed by atoms with Crippen molar-refractivity contribution in [3.05, 3.63) is 10.2 Å². The molecule has 1 heterocycles. The zero-order valence-electron chi connectivity index (χ0n) is 21.4. The van der Waals surface area contributed by atoms with E-state index in [0.29, 0.717) is 11.8 Å². The third kappa shape index (κ3) is 8.75. The van der Waals surface area contributed by atoms with Crippen LogP contribution in [0.3, 0.4) is 0 Å². The Morgan fingerprint density at radius 1 is 0.833 bits per heavy atom. The van der Waals surface area contributed by atoms with Gasteiger partial charge in [0.1, 0.15) is 0 Å². The fraction of sp³-hybridized carbons (Fsp3) is 0.923. The van der Waals surface area contributed by atoms with Gasteiger partial charge in [0.05, 0.1) is 0 Å². The second-order valence-electron chi connectivity index (χ2n) is 9.70. The average molecular weight is 531 g/mol. The van der Waals surface area contributed by atoms with Crippen LogP contribution < -0.4 is 0 Å². The number of unbranched alkanes of at least 4 members (excludes halogenated alkanes) is 3. The maximum absolute atomic E-state index is 6.14. The summed E-state index contributed by atoms with van der Waals surface area (Å²) >= 11 is -2.24. The summed E-state index contributed by atoms with van der Waals surface area (Å²) in [6, 6.07) is 0. The van der Waals surface area contributed by atoms with Crippen LogP contribution in [0.4, 0.5) is 0 Å². The molecule has 0 amide bonds. The van der Waals surface area contributed by atoms with Gasteiger partial charge in [-0.1, -0.05) is 0 Å². The van der Waals surface area contributed by atoms with E-state index in [2.05, 4.69) is 51.7 Å². The van der Waals surface area contributed by atoms with Crippen LogP contribution in [-0.4, -0.2) is 57.0 Å². The molecule has 30 heavy (non-hydrogen) atoms. The molecule has 1 aliphatic rings. The molecule has 0 aliphatic carbocycles. The van der Waals surface area contributed by atoms with Crippen molar-refractivity contribution in [2.45, 2.75) is 124 Å². The van der Waals surface area contributed by atoms with Gasteiger partial charge in [0.15, 0.2) is 0 Å². The van der Waals surface area contributed by atoms with Crippen molar-refractivity contribution in [1.82, 2.24) is 0 Å². The summed E-state index contributed by atoms with van der Waals surface area (Å²) in [5.41, 5.74) is 0. The predicted octanol–water partition coefficient (Wildman–Crippen LogP) is 7.41. The second-order valence-corrected chi connectivity index (χ2v) is 22.7. The van der Waals surface area contributed by atoms with E-state index in [1.165, 1.54) is 51.8 Å². The molecule has 0 saturated carbocycles. The van der Waals surface area contributed by atoms with Crippen molar-refractivity contribution in [1.29, 1.82) is 0 Å². The van der Waals surface area contributed by atoms with Gasteiger partial charge in [-0.2, -0.15) is 0 Å². The van der Waals surface area contributed by atoms with Gasteiger partial charge < -0.3 is 0 Å². The summed E-state index contributed by atoms with van der Waals surface area (Å²) in [5, 5.41) is 0. The molecular weight excluding hydrogens is 479 g/mol. The van der Waals surface area contributed by atoms with Gasteiger partial charge in [0, 0.05) is 0 Å². The minimum atomic E-state index is -2.24. The first-order chi connectivity index (χ1) is 14.4. The van der Waals surface area contributed by atoms with Gasteiger partial charge in [0.25, 0.3) is 0 Å². The Kier molecular flexibility index (Phi) is 14.5. The molecule has 0 unspecified atom stereocenters. The summed E-state index contributed by atoms with van der Waals surface area (Å²) in [7, 11) is 3.67. The van der Waals surface area contributed by atoms with Crippen LogP contribution in [0.2, 0.25) is 13.3 Å². The van der Waals surface area contributed by atoms with Gasteiger partial charge in [-0.05, 0) is 0 Å². The minimum absolute atomic E-state index is 0.149. The summed E-state index contributed by atoms with van der Waals surface area (Å²) in [6.45, 7) is 13.8. The van der Waals surface area contributed by atoms with E-state index in [1.807, 2.05) is 14.2 Å². The number of epoxide rings is 1. The van der Waals surface area contributed by atoms with Crippen LogP contribution in [0.15, 0.2) is 10.2 Å².